The van der Waals surface area contributed by atoms with Crippen LogP contribution in [0, 0.1) is 6.92 Å². The Kier molecular flexibility index (Phi) is 3.85. The van der Waals surface area contributed by atoms with E-state index in [1.807, 2.05) is 12.4 Å². The predicted molar refractivity (Wildman–Crippen MR) is 90.6 cm³/mol. The van der Waals surface area contributed by atoms with Gasteiger partial charge in [0.25, 0.3) is 0 Å². The first kappa shape index (κ1) is 14.4. The number of hydrogen-bond donors (Lipinski definition) is 2. The molecule has 4 heteroatoms. The minimum absolute atomic E-state index is 0.318. The molecular formula is C19H22N3O+. The summed E-state index contributed by atoms with van der Waals surface area (Å²) < 4.78 is 5.58. The first-order chi connectivity index (χ1) is 11.3. The number of benzene rings is 1. The summed E-state index contributed by atoms with van der Waals surface area (Å²) in [5.41, 5.74) is 5.20. The van der Waals surface area contributed by atoms with Crippen LogP contribution in [0.5, 0.6) is 0 Å². The highest BCUT2D eigenvalue weighted by molar-refractivity contribution is 5.85. The van der Waals surface area contributed by atoms with Crippen LogP contribution < -0.4 is 4.90 Å². The number of nitrogens with zero attached hydrogens (tertiary/aromatic N) is 1. The summed E-state index contributed by atoms with van der Waals surface area (Å²) in [5.74, 6) is 0. The van der Waals surface area contributed by atoms with Crippen molar-refractivity contribution in [1.82, 2.24) is 9.97 Å². The van der Waals surface area contributed by atoms with Crippen LogP contribution >= 0.6 is 0 Å². The van der Waals surface area contributed by atoms with Gasteiger partial charge in [0.2, 0.25) is 0 Å². The fourth-order valence-electron chi connectivity index (χ4n) is 3.75. The van der Waals surface area contributed by atoms with Crippen molar-refractivity contribution in [3.63, 3.8) is 0 Å². The van der Waals surface area contributed by atoms with Gasteiger partial charge in [-0.1, -0.05) is 18.2 Å². The molecule has 1 saturated heterocycles. The number of pyridine rings is 1. The molecule has 0 radical (unpaired) electrons. The fraction of sp³-hybridized carbons (Fsp3) is 0.316. The molecule has 2 N–H and O–H groups in total. The molecule has 0 bridgehead atoms. The van der Waals surface area contributed by atoms with E-state index < -0.39 is 0 Å². The molecule has 1 unspecified atom stereocenters. The van der Waals surface area contributed by atoms with Gasteiger partial charge in [0.05, 0.1) is 13.2 Å². The number of morpholine rings is 1. The zero-order valence-electron chi connectivity index (χ0n) is 13.4. The minimum Gasteiger partial charge on any atom is -0.370 e. The van der Waals surface area contributed by atoms with Gasteiger partial charge in [-0.2, -0.15) is 0 Å². The van der Waals surface area contributed by atoms with Gasteiger partial charge in [-0.15, -0.1) is 0 Å². The maximum atomic E-state index is 5.58. The summed E-state index contributed by atoms with van der Waals surface area (Å²) in [6.45, 7) is 5.91. The molecule has 2 aromatic heterocycles. The van der Waals surface area contributed by atoms with Gasteiger partial charge < -0.3 is 14.6 Å². The molecule has 0 aliphatic carbocycles. The van der Waals surface area contributed by atoms with Crippen LogP contribution in [0.15, 0.2) is 48.8 Å². The van der Waals surface area contributed by atoms with E-state index in [4.69, 9.17) is 4.74 Å². The molecule has 1 aromatic carbocycles. The quantitative estimate of drug-likeness (QED) is 0.776. The van der Waals surface area contributed by atoms with Crippen LogP contribution in [0.4, 0.5) is 0 Å². The molecular weight excluding hydrogens is 286 g/mol. The number of H-pyrrole nitrogens is 1. The van der Waals surface area contributed by atoms with Gasteiger partial charge in [0, 0.05) is 40.1 Å². The van der Waals surface area contributed by atoms with E-state index in [2.05, 4.69) is 53.3 Å². The van der Waals surface area contributed by atoms with Crippen molar-refractivity contribution in [3.05, 3.63) is 65.6 Å². The Morgan fingerprint density at radius 2 is 1.83 bits per heavy atom. The molecule has 4 rings (SSSR count). The van der Waals surface area contributed by atoms with Crippen molar-refractivity contribution in [2.45, 2.75) is 13.0 Å². The molecule has 3 heterocycles. The van der Waals surface area contributed by atoms with Crippen molar-refractivity contribution in [1.29, 1.82) is 0 Å². The van der Waals surface area contributed by atoms with E-state index in [-0.39, 0.29) is 0 Å². The normalized spacial score (nSPS) is 17.4. The third-order valence-corrected chi connectivity index (χ3v) is 4.81. The monoisotopic (exact) mass is 308 g/mol. The van der Waals surface area contributed by atoms with Gasteiger partial charge >= 0.3 is 0 Å². The Balaban J connectivity index is 1.88. The Morgan fingerprint density at radius 3 is 2.61 bits per heavy atom. The molecule has 23 heavy (non-hydrogen) atoms. The number of para-hydroxylation sites is 1. The Bertz CT molecular complexity index is 791. The summed E-state index contributed by atoms with van der Waals surface area (Å²) in [4.78, 5) is 9.32. The summed E-state index contributed by atoms with van der Waals surface area (Å²) in [6, 6.07) is 13.2. The summed E-state index contributed by atoms with van der Waals surface area (Å²) in [7, 11) is 0. The molecule has 1 aliphatic heterocycles. The molecule has 0 spiro atoms. The average molecular weight is 308 g/mol. The summed E-state index contributed by atoms with van der Waals surface area (Å²) >= 11 is 0. The number of rotatable bonds is 3. The Hall–Kier alpha value is -2.17. The number of aromatic nitrogens is 2. The fourth-order valence-corrected chi connectivity index (χ4v) is 3.75. The minimum atomic E-state index is 0.318. The van der Waals surface area contributed by atoms with Crippen LogP contribution in [-0.4, -0.2) is 36.3 Å². The van der Waals surface area contributed by atoms with Crippen molar-refractivity contribution >= 4 is 10.9 Å². The third-order valence-electron chi connectivity index (χ3n) is 4.81. The molecule has 118 valence electrons. The number of aryl methyl sites for hydroxylation is 1. The third kappa shape index (κ3) is 2.64. The SMILES string of the molecule is Cc1[nH]c2ccccc2c1C(c1ccncc1)[NH+]1CCOCC1. The highest BCUT2D eigenvalue weighted by Gasteiger charge is 2.31. The molecule has 1 aliphatic rings. The van der Waals surface area contributed by atoms with Crippen LogP contribution in [0.25, 0.3) is 10.9 Å². The zero-order valence-corrected chi connectivity index (χ0v) is 13.4. The van der Waals surface area contributed by atoms with Crippen LogP contribution in [0.1, 0.15) is 22.9 Å². The van der Waals surface area contributed by atoms with E-state index in [0.717, 1.165) is 26.3 Å². The smallest absolute Gasteiger partial charge is 0.141 e. The standard InChI is InChI=1S/C19H21N3O/c1-14-18(16-4-2-3-5-17(16)21-14)19(15-6-8-20-9-7-15)22-10-12-23-13-11-22/h2-9,19,21H,10-13H2,1H3/p+1. The molecule has 0 saturated carbocycles. The van der Waals surface area contributed by atoms with Crippen LogP contribution in [0.3, 0.4) is 0 Å². The number of fused-ring (bicyclic) bond motifs is 1. The Morgan fingerprint density at radius 1 is 1.09 bits per heavy atom. The van der Waals surface area contributed by atoms with Crippen LogP contribution in [0.2, 0.25) is 0 Å². The van der Waals surface area contributed by atoms with Crippen molar-refractivity contribution in [2.24, 2.45) is 0 Å². The van der Waals surface area contributed by atoms with Gasteiger partial charge in [0.15, 0.2) is 0 Å². The molecule has 4 nitrogen and oxygen atoms in total. The molecule has 3 aromatic rings. The zero-order chi connectivity index (χ0) is 15.6. The lowest BCUT2D eigenvalue weighted by molar-refractivity contribution is -0.933. The second kappa shape index (κ2) is 6.14. The number of quaternary nitrogens is 1. The van der Waals surface area contributed by atoms with Gasteiger partial charge in [-0.3, -0.25) is 4.98 Å². The lowest BCUT2D eigenvalue weighted by Gasteiger charge is -2.32. The van der Waals surface area contributed by atoms with Crippen molar-refractivity contribution in [2.75, 3.05) is 26.3 Å². The van der Waals surface area contributed by atoms with E-state index in [0.29, 0.717) is 6.04 Å². The molecule has 1 atom stereocenters. The van der Waals surface area contributed by atoms with Gasteiger partial charge in [-0.25, -0.2) is 0 Å². The topological polar surface area (TPSA) is 42.3 Å². The second-order valence-electron chi connectivity index (χ2n) is 6.19. The predicted octanol–water partition coefficient (Wildman–Crippen LogP) is 1.88. The highest BCUT2D eigenvalue weighted by atomic mass is 16.5. The summed E-state index contributed by atoms with van der Waals surface area (Å²) in [5, 5.41) is 1.32. The first-order valence-electron chi connectivity index (χ1n) is 8.24. The number of nitrogens with one attached hydrogen (secondary N) is 2. The van der Waals surface area contributed by atoms with Gasteiger partial charge in [-0.05, 0) is 25.1 Å². The Labute approximate surface area is 136 Å². The number of hydrogen-bond acceptors (Lipinski definition) is 2. The maximum absolute atomic E-state index is 5.58. The van der Waals surface area contributed by atoms with Crippen molar-refractivity contribution in [3.8, 4) is 0 Å². The maximum Gasteiger partial charge on any atom is 0.141 e. The number of aromatic amines is 1. The summed E-state index contributed by atoms with van der Waals surface area (Å²) in [6.07, 6.45) is 3.79. The highest BCUT2D eigenvalue weighted by Crippen LogP contribution is 2.30. The van der Waals surface area contributed by atoms with E-state index in [1.54, 1.807) is 4.90 Å². The number of ether oxygens (including phenoxy) is 1. The average Bonchev–Trinajstić information content (AvgIpc) is 2.94. The van der Waals surface area contributed by atoms with Gasteiger partial charge in [0.1, 0.15) is 19.1 Å². The van der Waals surface area contributed by atoms with E-state index in [1.165, 1.54) is 27.7 Å². The largest absolute Gasteiger partial charge is 0.370 e. The lowest BCUT2D eigenvalue weighted by Crippen LogP contribution is -3.14. The molecule has 0 amide bonds. The first-order valence-corrected chi connectivity index (χ1v) is 8.24. The van der Waals surface area contributed by atoms with Crippen molar-refractivity contribution < 1.29 is 9.64 Å². The second-order valence-corrected chi connectivity index (χ2v) is 6.19. The van der Waals surface area contributed by atoms with Crippen LogP contribution in [-0.2, 0) is 4.74 Å². The van der Waals surface area contributed by atoms with E-state index >= 15 is 0 Å². The van der Waals surface area contributed by atoms with E-state index in [9.17, 15) is 0 Å². The molecule has 1 fully saturated rings. The lowest BCUT2D eigenvalue weighted by atomic mass is 9.95.